The van der Waals surface area contributed by atoms with Crippen molar-refractivity contribution in [3.05, 3.63) is 35.4 Å². The predicted molar refractivity (Wildman–Crippen MR) is 84.2 cm³/mol. The molecule has 0 aromatic heterocycles. The smallest absolute Gasteiger partial charge is 0.216 e. The maximum atomic E-state index is 12.2. The molecular formula is C15H23N3O2S. The molecule has 0 aliphatic rings. The fourth-order valence-electron chi connectivity index (χ4n) is 2.21. The molecule has 0 amide bonds. The average Bonchev–Trinajstić information content (AvgIpc) is 2.44. The van der Waals surface area contributed by atoms with Gasteiger partial charge >= 0.3 is 0 Å². The van der Waals surface area contributed by atoms with Gasteiger partial charge in [0.15, 0.2) is 0 Å². The molecule has 0 aliphatic heterocycles. The summed E-state index contributed by atoms with van der Waals surface area (Å²) in [4.78, 5) is 2.16. The molecule has 0 bridgehead atoms. The van der Waals surface area contributed by atoms with Crippen molar-refractivity contribution < 1.29 is 8.42 Å². The minimum absolute atomic E-state index is 0.163. The summed E-state index contributed by atoms with van der Waals surface area (Å²) in [6.07, 6.45) is 0. The fraction of sp³-hybridized carbons (Fsp3) is 0.533. The van der Waals surface area contributed by atoms with Crippen LogP contribution in [0, 0.1) is 11.3 Å². The van der Waals surface area contributed by atoms with Crippen molar-refractivity contribution in [2.45, 2.75) is 32.6 Å². The molecule has 1 aromatic carbocycles. The maximum absolute atomic E-state index is 12.2. The fourth-order valence-corrected chi connectivity index (χ4v) is 3.65. The third kappa shape index (κ3) is 5.84. The van der Waals surface area contributed by atoms with Gasteiger partial charge in [-0.05, 0) is 31.6 Å². The van der Waals surface area contributed by atoms with E-state index in [-0.39, 0.29) is 11.8 Å². The first-order valence-corrected chi connectivity index (χ1v) is 8.77. The Balaban J connectivity index is 2.72. The van der Waals surface area contributed by atoms with Gasteiger partial charge in [-0.15, -0.1) is 0 Å². The Morgan fingerprint density at radius 1 is 1.29 bits per heavy atom. The largest absolute Gasteiger partial charge is 0.302 e. The van der Waals surface area contributed by atoms with Gasteiger partial charge in [0.05, 0.1) is 17.4 Å². The quantitative estimate of drug-likeness (QED) is 0.793. The number of hydrogen-bond acceptors (Lipinski definition) is 4. The van der Waals surface area contributed by atoms with Gasteiger partial charge in [0.25, 0.3) is 0 Å². The Kier molecular flexibility index (Phi) is 6.82. The highest BCUT2D eigenvalue weighted by molar-refractivity contribution is 7.88. The number of benzene rings is 1. The monoisotopic (exact) mass is 309 g/mol. The molecule has 1 N–H and O–H groups in total. The van der Waals surface area contributed by atoms with Crippen molar-refractivity contribution in [2.24, 2.45) is 0 Å². The summed E-state index contributed by atoms with van der Waals surface area (Å²) in [6.45, 7) is 8.40. The molecule has 0 aliphatic carbocycles. The highest BCUT2D eigenvalue weighted by Crippen LogP contribution is 2.11. The summed E-state index contributed by atoms with van der Waals surface area (Å²) >= 11 is 0. The first kappa shape index (κ1) is 17.6. The Labute approximate surface area is 127 Å². The van der Waals surface area contributed by atoms with E-state index in [1.807, 2.05) is 26.8 Å². The van der Waals surface area contributed by atoms with Crippen LogP contribution in [0.4, 0.5) is 0 Å². The van der Waals surface area contributed by atoms with Crippen molar-refractivity contribution in [2.75, 3.05) is 19.6 Å². The van der Waals surface area contributed by atoms with Crippen LogP contribution in [0.3, 0.4) is 0 Å². The van der Waals surface area contributed by atoms with Crippen LogP contribution in [-0.4, -0.2) is 39.0 Å². The third-order valence-corrected chi connectivity index (χ3v) is 4.74. The first-order valence-electron chi connectivity index (χ1n) is 7.12. The second kappa shape index (κ2) is 8.13. The summed E-state index contributed by atoms with van der Waals surface area (Å²) in [7, 11) is -3.46. The zero-order chi connectivity index (χ0) is 15.9. The van der Waals surface area contributed by atoms with Crippen LogP contribution >= 0.6 is 0 Å². The molecule has 0 fully saturated rings. The molecular weight excluding hydrogens is 286 g/mol. The van der Waals surface area contributed by atoms with Crippen LogP contribution in [-0.2, 0) is 15.8 Å². The SMILES string of the molecule is CCN(CC)CC(C)NS(=O)(=O)Cc1ccccc1C#N. The van der Waals surface area contributed by atoms with Crippen LogP contribution in [0.1, 0.15) is 31.9 Å². The van der Waals surface area contributed by atoms with Gasteiger partial charge in [-0.25, -0.2) is 13.1 Å². The minimum atomic E-state index is -3.46. The molecule has 0 radical (unpaired) electrons. The number of hydrogen-bond donors (Lipinski definition) is 1. The van der Waals surface area contributed by atoms with E-state index in [2.05, 4.69) is 9.62 Å². The first-order chi connectivity index (χ1) is 9.91. The van der Waals surface area contributed by atoms with E-state index in [1.165, 1.54) is 0 Å². The van der Waals surface area contributed by atoms with Gasteiger partial charge in [0.2, 0.25) is 10.0 Å². The molecule has 0 heterocycles. The number of nitrogens with zero attached hydrogens (tertiary/aromatic N) is 2. The Hall–Kier alpha value is -1.42. The van der Waals surface area contributed by atoms with E-state index >= 15 is 0 Å². The van der Waals surface area contributed by atoms with Crippen LogP contribution < -0.4 is 4.72 Å². The molecule has 0 saturated heterocycles. The summed E-state index contributed by atoms with van der Waals surface area (Å²) < 4.78 is 27.1. The molecule has 116 valence electrons. The Morgan fingerprint density at radius 2 is 1.90 bits per heavy atom. The lowest BCUT2D eigenvalue weighted by Crippen LogP contribution is -2.42. The number of rotatable bonds is 8. The van der Waals surface area contributed by atoms with E-state index in [4.69, 9.17) is 5.26 Å². The standard InChI is InChI=1S/C15H23N3O2S/c1-4-18(5-2)11-13(3)17-21(19,20)12-15-9-7-6-8-14(15)10-16/h6-9,13,17H,4-5,11-12H2,1-3H3. The van der Waals surface area contributed by atoms with Crippen LogP contribution in [0.2, 0.25) is 0 Å². The van der Waals surface area contributed by atoms with E-state index in [9.17, 15) is 8.42 Å². The van der Waals surface area contributed by atoms with Gasteiger partial charge in [0, 0.05) is 12.6 Å². The van der Waals surface area contributed by atoms with Crippen molar-refractivity contribution >= 4 is 10.0 Å². The highest BCUT2D eigenvalue weighted by atomic mass is 32.2. The van der Waals surface area contributed by atoms with Crippen molar-refractivity contribution in [3.8, 4) is 6.07 Å². The van der Waals surface area contributed by atoms with Crippen LogP contribution in [0.5, 0.6) is 0 Å². The lowest BCUT2D eigenvalue weighted by atomic mass is 10.1. The highest BCUT2D eigenvalue weighted by Gasteiger charge is 2.18. The van der Waals surface area contributed by atoms with E-state index < -0.39 is 10.0 Å². The van der Waals surface area contributed by atoms with Gasteiger partial charge in [-0.1, -0.05) is 32.0 Å². The van der Waals surface area contributed by atoms with E-state index in [1.54, 1.807) is 24.3 Å². The number of sulfonamides is 1. The van der Waals surface area contributed by atoms with Crippen molar-refractivity contribution in [3.63, 3.8) is 0 Å². The summed E-state index contributed by atoms with van der Waals surface area (Å²) in [6, 6.07) is 8.63. The zero-order valence-corrected chi connectivity index (χ0v) is 13.7. The zero-order valence-electron chi connectivity index (χ0n) is 12.8. The van der Waals surface area contributed by atoms with Gasteiger partial charge in [0.1, 0.15) is 0 Å². The topological polar surface area (TPSA) is 73.2 Å². The average molecular weight is 309 g/mol. The van der Waals surface area contributed by atoms with Gasteiger partial charge in [-0.2, -0.15) is 5.26 Å². The second-order valence-corrected chi connectivity index (χ2v) is 6.79. The number of nitrogens with one attached hydrogen (secondary N) is 1. The maximum Gasteiger partial charge on any atom is 0.216 e. The van der Waals surface area contributed by atoms with Gasteiger partial charge < -0.3 is 4.90 Å². The second-order valence-electron chi connectivity index (χ2n) is 5.03. The number of nitriles is 1. The molecule has 1 unspecified atom stereocenters. The summed E-state index contributed by atoms with van der Waals surface area (Å²) in [5, 5.41) is 9.01. The van der Waals surface area contributed by atoms with Crippen LogP contribution in [0.25, 0.3) is 0 Å². The third-order valence-electron chi connectivity index (χ3n) is 3.29. The van der Waals surface area contributed by atoms with Crippen molar-refractivity contribution in [1.82, 2.24) is 9.62 Å². The molecule has 5 nitrogen and oxygen atoms in total. The Morgan fingerprint density at radius 3 is 2.48 bits per heavy atom. The van der Waals surface area contributed by atoms with Gasteiger partial charge in [-0.3, -0.25) is 0 Å². The normalized spacial score (nSPS) is 13.1. The van der Waals surface area contributed by atoms with Crippen LogP contribution in [0.15, 0.2) is 24.3 Å². The molecule has 0 saturated carbocycles. The Bertz CT molecular complexity index is 589. The lowest BCUT2D eigenvalue weighted by Gasteiger charge is -2.23. The van der Waals surface area contributed by atoms with E-state index in [0.717, 1.165) is 13.1 Å². The molecule has 21 heavy (non-hydrogen) atoms. The lowest BCUT2D eigenvalue weighted by molar-refractivity contribution is 0.282. The van der Waals surface area contributed by atoms with Crippen molar-refractivity contribution in [1.29, 1.82) is 5.26 Å². The molecule has 0 spiro atoms. The molecule has 1 atom stereocenters. The predicted octanol–water partition coefficient (Wildman–Crippen LogP) is 1.71. The molecule has 1 aromatic rings. The summed E-state index contributed by atoms with van der Waals surface area (Å²) in [5.41, 5.74) is 0.932. The minimum Gasteiger partial charge on any atom is -0.302 e. The van der Waals surface area contributed by atoms with E-state index in [0.29, 0.717) is 17.7 Å². The molecule has 6 heteroatoms. The summed E-state index contributed by atoms with van der Waals surface area (Å²) in [5.74, 6) is -0.167. The number of likely N-dealkylation sites (N-methyl/N-ethyl adjacent to an activating group) is 1. The molecule has 1 rings (SSSR count).